The highest BCUT2D eigenvalue weighted by atomic mass is 16.3. The van der Waals surface area contributed by atoms with Crippen LogP contribution in [0.15, 0.2) is 66.9 Å². The second-order valence-electron chi connectivity index (χ2n) is 5.68. The fourth-order valence-corrected chi connectivity index (χ4v) is 2.84. The van der Waals surface area contributed by atoms with Gasteiger partial charge in [-0.1, -0.05) is 42.5 Å². The van der Waals surface area contributed by atoms with Gasteiger partial charge in [-0.25, -0.2) is 0 Å². The number of pyridine rings is 1. The largest absolute Gasteiger partial charge is 0.396 e. The van der Waals surface area contributed by atoms with Gasteiger partial charge < -0.3 is 10.4 Å². The van der Waals surface area contributed by atoms with Gasteiger partial charge in [-0.2, -0.15) is 0 Å². The smallest absolute Gasteiger partial charge is 0.252 e. The van der Waals surface area contributed by atoms with Crippen LogP contribution in [0.3, 0.4) is 0 Å². The monoisotopic (exact) mass is 320 g/mol. The molecule has 4 heteroatoms. The second kappa shape index (κ2) is 7.70. The molecule has 0 saturated heterocycles. The summed E-state index contributed by atoms with van der Waals surface area (Å²) in [4.78, 5) is 17.1. The molecule has 0 fully saturated rings. The van der Waals surface area contributed by atoms with Gasteiger partial charge in [0.2, 0.25) is 0 Å². The van der Waals surface area contributed by atoms with Gasteiger partial charge in [0.05, 0.1) is 11.6 Å². The predicted molar refractivity (Wildman–Crippen MR) is 94.7 cm³/mol. The van der Waals surface area contributed by atoms with Crippen LogP contribution in [0.4, 0.5) is 0 Å². The number of hydrogen-bond donors (Lipinski definition) is 2. The fourth-order valence-electron chi connectivity index (χ4n) is 2.84. The molecule has 2 aromatic carbocycles. The molecule has 1 unspecified atom stereocenters. The number of nitrogens with one attached hydrogen (secondary N) is 1. The van der Waals surface area contributed by atoms with E-state index in [0.29, 0.717) is 18.4 Å². The van der Waals surface area contributed by atoms with Crippen LogP contribution in [-0.2, 0) is 0 Å². The normalized spacial score (nSPS) is 12.0. The van der Waals surface area contributed by atoms with Gasteiger partial charge in [-0.15, -0.1) is 0 Å². The van der Waals surface area contributed by atoms with E-state index in [9.17, 15) is 4.79 Å². The first-order chi connectivity index (χ1) is 11.8. The molecule has 0 radical (unpaired) electrons. The molecule has 1 heterocycles. The Morgan fingerprint density at radius 3 is 2.67 bits per heavy atom. The lowest BCUT2D eigenvalue weighted by Crippen LogP contribution is -2.29. The van der Waals surface area contributed by atoms with Crippen molar-refractivity contribution in [1.82, 2.24) is 10.3 Å². The molecule has 0 aliphatic rings. The molecule has 24 heavy (non-hydrogen) atoms. The molecule has 1 aromatic heterocycles. The molecule has 0 aliphatic carbocycles. The molecule has 122 valence electrons. The maximum Gasteiger partial charge on any atom is 0.252 e. The predicted octanol–water partition coefficient (Wildman–Crippen LogP) is 3.48. The van der Waals surface area contributed by atoms with E-state index in [1.54, 1.807) is 6.20 Å². The maximum absolute atomic E-state index is 12.8. The number of aromatic nitrogens is 1. The number of carbonyl (C=O) groups is 1. The van der Waals surface area contributed by atoms with E-state index in [1.807, 2.05) is 60.7 Å². The first-order valence-electron chi connectivity index (χ1n) is 8.10. The molecule has 2 N–H and O–H groups in total. The van der Waals surface area contributed by atoms with Crippen molar-refractivity contribution in [2.24, 2.45) is 0 Å². The van der Waals surface area contributed by atoms with Crippen molar-refractivity contribution in [3.63, 3.8) is 0 Å². The lowest BCUT2D eigenvalue weighted by molar-refractivity contribution is 0.0934. The number of amides is 1. The van der Waals surface area contributed by atoms with E-state index in [2.05, 4.69) is 10.3 Å². The van der Waals surface area contributed by atoms with Gasteiger partial charge in [0.1, 0.15) is 0 Å². The van der Waals surface area contributed by atoms with Crippen LogP contribution in [0.1, 0.15) is 34.8 Å². The summed E-state index contributed by atoms with van der Waals surface area (Å²) in [5.74, 6) is -0.125. The van der Waals surface area contributed by atoms with Crippen LogP contribution in [-0.4, -0.2) is 22.6 Å². The lowest BCUT2D eigenvalue weighted by atomic mass is 10.0. The van der Waals surface area contributed by atoms with Crippen molar-refractivity contribution in [3.05, 3.63) is 78.0 Å². The summed E-state index contributed by atoms with van der Waals surface area (Å²) >= 11 is 0. The highest BCUT2D eigenvalue weighted by Gasteiger charge is 2.17. The Hall–Kier alpha value is -2.72. The van der Waals surface area contributed by atoms with E-state index in [4.69, 9.17) is 5.11 Å². The molecular formula is C20H20N2O2. The van der Waals surface area contributed by atoms with E-state index in [0.717, 1.165) is 16.5 Å². The average Bonchev–Trinajstić information content (AvgIpc) is 2.65. The van der Waals surface area contributed by atoms with Gasteiger partial charge in [-0.3, -0.25) is 9.78 Å². The fraction of sp³-hybridized carbons (Fsp3) is 0.200. The van der Waals surface area contributed by atoms with E-state index in [1.165, 1.54) is 0 Å². The minimum absolute atomic E-state index is 0.109. The molecule has 0 saturated carbocycles. The number of aliphatic hydroxyl groups excluding tert-OH is 1. The van der Waals surface area contributed by atoms with Crippen LogP contribution in [0.2, 0.25) is 0 Å². The summed E-state index contributed by atoms with van der Waals surface area (Å²) in [6.07, 6.45) is 3.05. The number of fused-ring (bicyclic) bond motifs is 1. The highest BCUT2D eigenvalue weighted by molar-refractivity contribution is 6.06. The first kappa shape index (κ1) is 16.1. The summed E-state index contributed by atoms with van der Waals surface area (Å²) in [5, 5.41) is 13.1. The molecule has 0 aliphatic heterocycles. The number of benzene rings is 2. The summed E-state index contributed by atoms with van der Waals surface area (Å²) in [7, 11) is 0. The number of aliphatic hydroxyl groups is 1. The first-order valence-corrected chi connectivity index (χ1v) is 8.10. The van der Waals surface area contributed by atoms with Crippen LogP contribution in [0, 0.1) is 0 Å². The van der Waals surface area contributed by atoms with Crippen LogP contribution in [0.5, 0.6) is 0 Å². The standard InChI is InChI=1S/C20H20N2O2/c23-14-6-12-18(15-7-2-1-3-8-15)22-20(24)17-9-4-11-19-16(17)10-5-13-21-19/h1-5,7-11,13,18,23H,6,12,14H2,(H,22,24). The zero-order chi connectivity index (χ0) is 16.8. The van der Waals surface area contributed by atoms with Crippen molar-refractivity contribution < 1.29 is 9.90 Å². The molecule has 4 nitrogen and oxygen atoms in total. The van der Waals surface area contributed by atoms with Gasteiger partial charge in [0.15, 0.2) is 0 Å². The molecule has 3 aromatic rings. The van der Waals surface area contributed by atoms with E-state index in [-0.39, 0.29) is 18.6 Å². The average molecular weight is 320 g/mol. The third-order valence-electron chi connectivity index (χ3n) is 4.05. The lowest BCUT2D eigenvalue weighted by Gasteiger charge is -2.19. The number of carbonyl (C=O) groups excluding carboxylic acids is 1. The topological polar surface area (TPSA) is 62.2 Å². The summed E-state index contributed by atoms with van der Waals surface area (Å²) < 4.78 is 0. The molecule has 0 spiro atoms. The van der Waals surface area contributed by atoms with Crippen molar-refractivity contribution in [1.29, 1.82) is 0 Å². The zero-order valence-electron chi connectivity index (χ0n) is 13.4. The van der Waals surface area contributed by atoms with E-state index >= 15 is 0 Å². The Balaban J connectivity index is 1.87. The van der Waals surface area contributed by atoms with E-state index < -0.39 is 0 Å². The number of rotatable bonds is 6. The Morgan fingerprint density at radius 2 is 1.88 bits per heavy atom. The third-order valence-corrected chi connectivity index (χ3v) is 4.05. The van der Waals surface area contributed by atoms with Gasteiger partial charge in [0.25, 0.3) is 5.91 Å². The molecular weight excluding hydrogens is 300 g/mol. The quantitative estimate of drug-likeness (QED) is 0.731. The van der Waals surface area contributed by atoms with Crippen molar-refractivity contribution in [2.75, 3.05) is 6.61 Å². The zero-order valence-corrected chi connectivity index (χ0v) is 13.4. The van der Waals surface area contributed by atoms with Crippen LogP contribution >= 0.6 is 0 Å². The molecule has 1 atom stereocenters. The minimum Gasteiger partial charge on any atom is -0.396 e. The number of hydrogen-bond acceptors (Lipinski definition) is 3. The second-order valence-corrected chi connectivity index (χ2v) is 5.68. The Bertz CT molecular complexity index is 813. The van der Waals surface area contributed by atoms with Crippen molar-refractivity contribution >= 4 is 16.8 Å². The van der Waals surface area contributed by atoms with Crippen LogP contribution in [0.25, 0.3) is 10.9 Å². The molecule has 3 rings (SSSR count). The van der Waals surface area contributed by atoms with Crippen LogP contribution < -0.4 is 5.32 Å². The Labute approximate surface area is 141 Å². The Morgan fingerprint density at radius 1 is 1.04 bits per heavy atom. The summed E-state index contributed by atoms with van der Waals surface area (Å²) in [6.45, 7) is 0.109. The van der Waals surface area contributed by atoms with Gasteiger partial charge in [0, 0.05) is 23.8 Å². The summed E-state index contributed by atoms with van der Waals surface area (Å²) in [5.41, 5.74) is 2.46. The SMILES string of the molecule is O=C(NC(CCCO)c1ccccc1)c1cccc2ncccc12. The van der Waals surface area contributed by atoms with Gasteiger partial charge in [-0.05, 0) is 36.6 Å². The van der Waals surface area contributed by atoms with Crippen molar-refractivity contribution in [2.45, 2.75) is 18.9 Å². The number of nitrogens with zero attached hydrogens (tertiary/aromatic N) is 1. The third kappa shape index (κ3) is 3.60. The summed E-state index contributed by atoms with van der Waals surface area (Å²) in [6, 6.07) is 19.0. The van der Waals surface area contributed by atoms with Crippen molar-refractivity contribution in [3.8, 4) is 0 Å². The molecule has 0 bridgehead atoms. The van der Waals surface area contributed by atoms with Gasteiger partial charge >= 0.3 is 0 Å². The highest BCUT2D eigenvalue weighted by Crippen LogP contribution is 2.21. The maximum atomic E-state index is 12.8. The minimum atomic E-state index is -0.127. The Kier molecular flexibility index (Phi) is 5.18. The molecule has 1 amide bonds.